The Morgan fingerprint density at radius 3 is 2.88 bits per heavy atom. The van der Waals surface area contributed by atoms with Gasteiger partial charge < -0.3 is 0 Å². The zero-order valence-corrected chi connectivity index (χ0v) is 12.0. The van der Waals surface area contributed by atoms with Gasteiger partial charge in [0.05, 0.1) is 0 Å². The quantitative estimate of drug-likeness (QED) is 0.289. The van der Waals surface area contributed by atoms with E-state index in [9.17, 15) is 0 Å². The first-order valence-electron chi connectivity index (χ1n) is 4.88. The molecule has 0 bridgehead atoms. The van der Waals surface area contributed by atoms with Crippen molar-refractivity contribution in [2.75, 3.05) is 13.6 Å². The van der Waals surface area contributed by atoms with Crippen LogP contribution >= 0.6 is 0 Å². The number of hydrogen-bond acceptors (Lipinski definition) is 4. The molecule has 0 unspecified atom stereocenters. The molecule has 0 fully saturated rings. The van der Waals surface area contributed by atoms with Crippen molar-refractivity contribution in [3.05, 3.63) is 11.8 Å². The average Bonchev–Trinajstić information content (AvgIpc) is 2.26. The Balaban J connectivity index is 4.36. The fourth-order valence-corrected chi connectivity index (χ4v) is 1.73. The molecule has 16 heavy (non-hydrogen) atoms. The van der Waals surface area contributed by atoms with E-state index in [-0.39, 0.29) is 5.90 Å². The maximum absolute atomic E-state index is 7.73. The standard InChI is InChI=1S/C11H17IN3O/c1-5-8-15(4)9-10(6-2)11(13)16-12-14-7-3/h1,7,9,13H,6,8H2,2-4H3/q-1/b10-9+,13-11?,14-7?. The Labute approximate surface area is 108 Å². The molecule has 0 saturated carbocycles. The molecule has 90 valence electrons. The molecule has 1 N–H and O–H groups in total. The minimum atomic E-state index is -0.744. The van der Waals surface area contributed by atoms with E-state index in [0.29, 0.717) is 6.54 Å². The summed E-state index contributed by atoms with van der Waals surface area (Å²) in [5.41, 5.74) is 0.837. The zero-order valence-electron chi connectivity index (χ0n) is 9.83. The molecule has 0 radical (unpaired) electrons. The van der Waals surface area contributed by atoms with Crippen LogP contribution in [0.1, 0.15) is 20.3 Å². The molecule has 5 heteroatoms. The Bertz CT molecular complexity index is 318. The van der Waals surface area contributed by atoms with Gasteiger partial charge in [-0.2, -0.15) is 0 Å². The van der Waals surface area contributed by atoms with Crippen LogP contribution in [0.4, 0.5) is 0 Å². The van der Waals surface area contributed by atoms with Crippen molar-refractivity contribution in [2.24, 2.45) is 3.21 Å². The molecule has 4 nitrogen and oxygen atoms in total. The molecule has 0 saturated heterocycles. The van der Waals surface area contributed by atoms with E-state index < -0.39 is 21.9 Å². The second-order valence-corrected chi connectivity index (χ2v) is 4.35. The number of rotatable bonds is 6. The normalized spacial score (nSPS) is 11.5. The average molecular weight is 334 g/mol. The van der Waals surface area contributed by atoms with Gasteiger partial charge in [0, 0.05) is 0 Å². The number of terminal acetylenes is 1. The van der Waals surface area contributed by atoms with Gasteiger partial charge in [0.15, 0.2) is 0 Å². The fourth-order valence-electron chi connectivity index (χ4n) is 0.910. The van der Waals surface area contributed by atoms with Crippen molar-refractivity contribution in [2.45, 2.75) is 20.3 Å². The Kier molecular flexibility index (Phi) is 8.62. The van der Waals surface area contributed by atoms with Crippen molar-refractivity contribution in [1.29, 1.82) is 5.41 Å². The first-order chi connectivity index (χ1) is 7.65. The summed E-state index contributed by atoms with van der Waals surface area (Å²) in [7, 11) is 1.88. The molecule has 0 aliphatic heterocycles. The number of nitrogens with one attached hydrogen (secondary N) is 1. The first-order valence-corrected chi connectivity index (χ1v) is 6.72. The molecule has 0 aliphatic carbocycles. The Morgan fingerprint density at radius 1 is 1.69 bits per heavy atom. The van der Waals surface area contributed by atoms with E-state index in [1.54, 1.807) is 6.21 Å². The van der Waals surface area contributed by atoms with Gasteiger partial charge in [-0.1, -0.05) is 0 Å². The van der Waals surface area contributed by atoms with Crippen LogP contribution in [-0.2, 0) is 3.07 Å². The van der Waals surface area contributed by atoms with Gasteiger partial charge in [-0.3, -0.25) is 0 Å². The van der Waals surface area contributed by atoms with Gasteiger partial charge in [0.1, 0.15) is 0 Å². The van der Waals surface area contributed by atoms with Crippen LogP contribution < -0.4 is 21.9 Å². The van der Waals surface area contributed by atoms with Crippen molar-refractivity contribution in [3.63, 3.8) is 0 Å². The molecule has 0 spiro atoms. The molecule has 0 rings (SSSR count). The molecule has 0 heterocycles. The molecule has 0 aliphatic rings. The second kappa shape index (κ2) is 9.21. The van der Waals surface area contributed by atoms with E-state index in [2.05, 4.69) is 9.13 Å². The molecular formula is C11H17IN3O-. The molecule has 0 amide bonds. The van der Waals surface area contributed by atoms with Crippen LogP contribution in [0.3, 0.4) is 0 Å². The van der Waals surface area contributed by atoms with Gasteiger partial charge in [-0.25, -0.2) is 0 Å². The summed E-state index contributed by atoms with van der Waals surface area (Å²) in [4.78, 5) is 1.86. The summed E-state index contributed by atoms with van der Waals surface area (Å²) in [6.07, 6.45) is 9.49. The molecule has 0 atom stereocenters. The molecular weight excluding hydrogens is 317 g/mol. The van der Waals surface area contributed by atoms with Crippen LogP contribution in [0.5, 0.6) is 0 Å². The van der Waals surface area contributed by atoms with Gasteiger partial charge in [-0.05, 0) is 0 Å². The predicted octanol–water partition coefficient (Wildman–Crippen LogP) is -1.15. The van der Waals surface area contributed by atoms with E-state index in [1.807, 2.05) is 32.0 Å². The summed E-state index contributed by atoms with van der Waals surface area (Å²) in [5.74, 6) is 2.74. The topological polar surface area (TPSA) is 48.7 Å². The summed E-state index contributed by atoms with van der Waals surface area (Å²) >= 11 is -0.744. The third-order valence-electron chi connectivity index (χ3n) is 1.64. The third kappa shape index (κ3) is 6.45. The summed E-state index contributed by atoms with van der Waals surface area (Å²) < 4.78 is 9.26. The van der Waals surface area contributed by atoms with Crippen LogP contribution in [0.2, 0.25) is 0 Å². The minimum absolute atomic E-state index is 0.199. The number of halogens is 1. The summed E-state index contributed by atoms with van der Waals surface area (Å²) in [6, 6.07) is 0. The SMILES string of the molecule is C#CCN(C)/C=C(\CC)C(=N)O[I-]N=CC. The van der Waals surface area contributed by atoms with Crippen molar-refractivity contribution >= 4 is 12.1 Å². The van der Waals surface area contributed by atoms with Crippen molar-refractivity contribution in [3.8, 4) is 12.3 Å². The monoisotopic (exact) mass is 334 g/mol. The first kappa shape index (κ1) is 15.0. The van der Waals surface area contributed by atoms with Crippen LogP contribution in [0.15, 0.2) is 15.0 Å². The second-order valence-electron chi connectivity index (χ2n) is 2.96. The van der Waals surface area contributed by atoms with Crippen molar-refractivity contribution < 1.29 is 25.0 Å². The Hall–Kier alpha value is -1.03. The molecule has 0 aromatic rings. The van der Waals surface area contributed by atoms with E-state index in [4.69, 9.17) is 14.9 Å². The maximum atomic E-state index is 7.73. The van der Waals surface area contributed by atoms with Crippen molar-refractivity contribution in [1.82, 2.24) is 4.90 Å². The zero-order chi connectivity index (χ0) is 12.4. The number of nitrogens with zero attached hydrogens (tertiary/aromatic N) is 2. The van der Waals surface area contributed by atoms with Crippen LogP contribution in [0, 0.1) is 17.8 Å². The van der Waals surface area contributed by atoms with Crippen LogP contribution in [0.25, 0.3) is 0 Å². The number of hydrogen-bond donors (Lipinski definition) is 1. The van der Waals surface area contributed by atoms with E-state index >= 15 is 0 Å². The van der Waals surface area contributed by atoms with Gasteiger partial charge in [0.25, 0.3) is 0 Å². The summed E-state index contributed by atoms with van der Waals surface area (Å²) in [6.45, 7) is 4.35. The summed E-state index contributed by atoms with van der Waals surface area (Å²) in [5, 5.41) is 7.73. The molecule has 0 aromatic carbocycles. The third-order valence-corrected chi connectivity index (χ3v) is 3.06. The van der Waals surface area contributed by atoms with E-state index in [0.717, 1.165) is 12.0 Å². The van der Waals surface area contributed by atoms with Gasteiger partial charge >= 0.3 is 109 Å². The molecule has 0 aromatic heterocycles. The Morgan fingerprint density at radius 2 is 2.38 bits per heavy atom. The van der Waals surface area contributed by atoms with E-state index in [1.165, 1.54) is 0 Å². The fraction of sp³-hybridized carbons (Fsp3) is 0.455. The van der Waals surface area contributed by atoms with Crippen LogP contribution in [-0.4, -0.2) is 30.6 Å². The van der Waals surface area contributed by atoms with Gasteiger partial charge in [0.2, 0.25) is 0 Å². The predicted molar refractivity (Wildman–Crippen MR) is 62.8 cm³/mol. The van der Waals surface area contributed by atoms with Gasteiger partial charge in [-0.15, -0.1) is 0 Å².